The van der Waals surface area contributed by atoms with Gasteiger partial charge in [0.15, 0.2) is 5.82 Å². The lowest BCUT2D eigenvalue weighted by atomic mass is 10.1. The summed E-state index contributed by atoms with van der Waals surface area (Å²) in [5.41, 5.74) is 1.52. The molecule has 0 spiro atoms. The van der Waals surface area contributed by atoms with Crippen molar-refractivity contribution in [2.75, 3.05) is 7.05 Å². The topological polar surface area (TPSA) is 95.9 Å². The highest BCUT2D eigenvalue weighted by Crippen LogP contribution is 2.22. The third kappa shape index (κ3) is 2.68. The van der Waals surface area contributed by atoms with Crippen molar-refractivity contribution < 1.29 is 9.59 Å². The van der Waals surface area contributed by atoms with Crippen molar-refractivity contribution in [3.05, 3.63) is 35.2 Å². The number of nitrogens with one attached hydrogen (secondary N) is 2. The molecule has 1 atom stereocenters. The zero-order valence-corrected chi connectivity index (χ0v) is 14.2. The second-order valence-corrected chi connectivity index (χ2v) is 5.96. The number of amides is 2. The van der Waals surface area contributed by atoms with Gasteiger partial charge in [0.05, 0.1) is 18.7 Å². The molecule has 24 heavy (non-hydrogen) atoms. The molecule has 1 unspecified atom stereocenters. The first-order valence-electron chi connectivity index (χ1n) is 8.14. The van der Waals surface area contributed by atoms with Gasteiger partial charge in [-0.2, -0.15) is 0 Å². The minimum absolute atomic E-state index is 0.153. The number of fused-ring (bicyclic) bond motifs is 1. The third-order valence-corrected chi connectivity index (χ3v) is 4.43. The molecular weight excluding hydrogens is 308 g/mol. The van der Waals surface area contributed by atoms with E-state index in [0.29, 0.717) is 17.9 Å². The highest BCUT2D eigenvalue weighted by molar-refractivity contribution is 5.98. The molecule has 3 rings (SSSR count). The van der Waals surface area contributed by atoms with Crippen LogP contribution in [0.25, 0.3) is 0 Å². The first kappa shape index (κ1) is 16.2. The molecule has 128 valence electrons. The van der Waals surface area contributed by atoms with E-state index in [9.17, 15) is 9.59 Å². The Hall–Kier alpha value is -2.64. The van der Waals surface area contributed by atoms with Crippen molar-refractivity contribution in [2.45, 2.75) is 45.8 Å². The van der Waals surface area contributed by atoms with Gasteiger partial charge >= 0.3 is 0 Å². The minimum Gasteiger partial charge on any atom is -0.364 e. The molecule has 8 heteroatoms. The molecule has 0 saturated carbocycles. The van der Waals surface area contributed by atoms with Crippen LogP contribution in [-0.4, -0.2) is 49.6 Å². The Morgan fingerprint density at radius 3 is 2.92 bits per heavy atom. The number of aromatic amines is 1. The number of rotatable bonds is 4. The van der Waals surface area contributed by atoms with E-state index < -0.39 is 6.04 Å². The summed E-state index contributed by atoms with van der Waals surface area (Å²) in [7, 11) is 1.58. The number of H-pyrrole nitrogens is 1. The Morgan fingerprint density at radius 1 is 1.42 bits per heavy atom. The molecule has 8 nitrogen and oxygen atoms in total. The number of hydrogen-bond donors (Lipinski definition) is 2. The van der Waals surface area contributed by atoms with E-state index in [1.54, 1.807) is 24.2 Å². The van der Waals surface area contributed by atoms with Gasteiger partial charge in [0.25, 0.3) is 5.91 Å². The van der Waals surface area contributed by atoms with E-state index in [2.05, 4.69) is 27.4 Å². The standard InChI is InChI=1S/C16H22N6O2/c1-4-5-12-11(6-7-18-12)16(24)22-9-14-20-19-10(2)21(14)8-13(22)15(23)17-3/h6-7,13,18H,4-5,8-9H2,1-3H3,(H,17,23). The fraction of sp³-hybridized carbons (Fsp3) is 0.500. The molecule has 0 radical (unpaired) electrons. The predicted octanol–water partition coefficient (Wildman–Crippen LogP) is 0.638. The van der Waals surface area contributed by atoms with E-state index in [1.807, 2.05) is 11.5 Å². The predicted molar refractivity (Wildman–Crippen MR) is 87.3 cm³/mol. The highest BCUT2D eigenvalue weighted by Gasteiger charge is 2.37. The number of carbonyl (C=O) groups excluding carboxylic acids is 2. The van der Waals surface area contributed by atoms with Crippen molar-refractivity contribution >= 4 is 11.8 Å². The molecule has 1 aliphatic rings. The summed E-state index contributed by atoms with van der Waals surface area (Å²) in [5, 5.41) is 10.8. The molecule has 2 N–H and O–H groups in total. The van der Waals surface area contributed by atoms with Gasteiger partial charge in [-0.05, 0) is 19.4 Å². The van der Waals surface area contributed by atoms with Crippen molar-refractivity contribution in [1.82, 2.24) is 30.0 Å². The average Bonchev–Trinajstić information content (AvgIpc) is 3.20. The summed E-state index contributed by atoms with van der Waals surface area (Å²) < 4.78 is 1.90. The number of nitrogens with zero attached hydrogens (tertiary/aromatic N) is 4. The zero-order chi connectivity index (χ0) is 17.3. The summed E-state index contributed by atoms with van der Waals surface area (Å²) in [6, 6.07) is 1.20. The molecule has 2 aromatic heterocycles. The molecule has 0 aromatic carbocycles. The highest BCUT2D eigenvalue weighted by atomic mass is 16.2. The normalized spacial score (nSPS) is 16.8. The van der Waals surface area contributed by atoms with Crippen LogP contribution in [0.1, 0.15) is 41.0 Å². The second-order valence-electron chi connectivity index (χ2n) is 5.96. The number of aryl methyl sites for hydroxylation is 2. The van der Waals surface area contributed by atoms with Gasteiger partial charge in [-0.15, -0.1) is 10.2 Å². The van der Waals surface area contributed by atoms with Gasteiger partial charge in [0, 0.05) is 18.9 Å². The lowest BCUT2D eigenvalue weighted by molar-refractivity contribution is -0.126. The van der Waals surface area contributed by atoms with Crippen LogP contribution in [0, 0.1) is 6.92 Å². The second kappa shape index (κ2) is 6.46. The number of likely N-dealkylation sites (N-methyl/N-ethyl adjacent to an activating group) is 1. The first-order valence-corrected chi connectivity index (χ1v) is 8.14. The number of hydrogen-bond acceptors (Lipinski definition) is 4. The van der Waals surface area contributed by atoms with Crippen molar-refractivity contribution in [2.24, 2.45) is 0 Å². The molecule has 0 fully saturated rings. The molecule has 3 heterocycles. The molecule has 0 aliphatic carbocycles. The Kier molecular flexibility index (Phi) is 4.37. The Balaban J connectivity index is 1.95. The van der Waals surface area contributed by atoms with Crippen LogP contribution in [0.4, 0.5) is 0 Å². The maximum Gasteiger partial charge on any atom is 0.256 e. The van der Waals surface area contributed by atoms with Gasteiger partial charge in [-0.1, -0.05) is 13.3 Å². The van der Waals surface area contributed by atoms with Crippen LogP contribution >= 0.6 is 0 Å². The molecule has 1 aliphatic heterocycles. The van der Waals surface area contributed by atoms with Crippen molar-refractivity contribution in [3.63, 3.8) is 0 Å². The van der Waals surface area contributed by atoms with Crippen LogP contribution < -0.4 is 5.32 Å². The maximum absolute atomic E-state index is 13.1. The van der Waals surface area contributed by atoms with Gasteiger partial charge in [0.2, 0.25) is 5.91 Å². The summed E-state index contributed by atoms with van der Waals surface area (Å²) in [4.78, 5) is 30.1. The lowest BCUT2D eigenvalue weighted by Crippen LogP contribution is -2.53. The monoisotopic (exact) mass is 330 g/mol. The van der Waals surface area contributed by atoms with Crippen LogP contribution in [0.2, 0.25) is 0 Å². The zero-order valence-electron chi connectivity index (χ0n) is 14.2. The van der Waals surface area contributed by atoms with Crippen LogP contribution in [0.5, 0.6) is 0 Å². The fourth-order valence-electron chi connectivity index (χ4n) is 3.13. The van der Waals surface area contributed by atoms with E-state index in [4.69, 9.17) is 0 Å². The largest absolute Gasteiger partial charge is 0.364 e. The Morgan fingerprint density at radius 2 is 2.21 bits per heavy atom. The smallest absolute Gasteiger partial charge is 0.256 e. The van der Waals surface area contributed by atoms with E-state index in [0.717, 1.165) is 24.4 Å². The molecular formula is C16H22N6O2. The first-order chi connectivity index (χ1) is 11.6. The Labute approximate surface area is 140 Å². The van der Waals surface area contributed by atoms with E-state index in [1.165, 1.54) is 0 Å². The van der Waals surface area contributed by atoms with E-state index >= 15 is 0 Å². The van der Waals surface area contributed by atoms with Gasteiger partial charge in [-0.25, -0.2) is 0 Å². The van der Waals surface area contributed by atoms with Crippen LogP contribution in [0.3, 0.4) is 0 Å². The van der Waals surface area contributed by atoms with Crippen LogP contribution in [0.15, 0.2) is 12.3 Å². The fourth-order valence-corrected chi connectivity index (χ4v) is 3.13. The minimum atomic E-state index is -0.575. The Bertz CT molecular complexity index is 762. The maximum atomic E-state index is 13.1. The number of aromatic nitrogens is 4. The lowest BCUT2D eigenvalue weighted by Gasteiger charge is -2.35. The molecule has 0 bridgehead atoms. The molecule has 2 amide bonds. The quantitative estimate of drug-likeness (QED) is 0.860. The van der Waals surface area contributed by atoms with Gasteiger partial charge < -0.3 is 19.8 Å². The van der Waals surface area contributed by atoms with Gasteiger partial charge in [0.1, 0.15) is 11.9 Å². The number of carbonyl (C=O) groups is 2. The van der Waals surface area contributed by atoms with Crippen LogP contribution in [-0.2, 0) is 24.3 Å². The van der Waals surface area contributed by atoms with Gasteiger partial charge in [-0.3, -0.25) is 9.59 Å². The summed E-state index contributed by atoms with van der Waals surface area (Å²) in [5.74, 6) is 1.11. The van der Waals surface area contributed by atoms with E-state index in [-0.39, 0.29) is 18.4 Å². The average molecular weight is 330 g/mol. The molecule has 0 saturated heterocycles. The van der Waals surface area contributed by atoms with Crippen molar-refractivity contribution in [1.29, 1.82) is 0 Å². The third-order valence-electron chi connectivity index (χ3n) is 4.43. The summed E-state index contributed by atoms with van der Waals surface area (Å²) in [6.07, 6.45) is 3.50. The summed E-state index contributed by atoms with van der Waals surface area (Å²) >= 11 is 0. The summed E-state index contributed by atoms with van der Waals surface area (Å²) in [6.45, 7) is 4.55. The SMILES string of the molecule is CCCc1[nH]ccc1C(=O)N1Cc2nnc(C)n2CC1C(=O)NC. The molecule has 2 aromatic rings. The van der Waals surface area contributed by atoms with Crippen molar-refractivity contribution in [3.8, 4) is 0 Å².